The molecule has 0 bridgehead atoms. The van der Waals surface area contributed by atoms with E-state index in [1.165, 1.54) is 18.3 Å². The van der Waals surface area contributed by atoms with Crippen molar-refractivity contribution in [3.8, 4) is 0 Å². The summed E-state index contributed by atoms with van der Waals surface area (Å²) in [4.78, 5) is 15.5. The normalized spacial score (nSPS) is 11.2. The van der Waals surface area contributed by atoms with Crippen molar-refractivity contribution in [1.29, 1.82) is 0 Å². The topological polar surface area (TPSA) is 54.0 Å². The van der Waals surface area contributed by atoms with Crippen molar-refractivity contribution in [3.63, 3.8) is 0 Å². The first-order valence-electron chi connectivity index (χ1n) is 7.19. The van der Waals surface area contributed by atoms with Crippen molar-refractivity contribution in [2.24, 2.45) is 0 Å². The highest BCUT2D eigenvalue weighted by Crippen LogP contribution is 2.34. The first kappa shape index (κ1) is 18.1. The second-order valence-electron chi connectivity index (χ2n) is 5.05. The lowest BCUT2D eigenvalue weighted by atomic mass is 10.2. The molecule has 0 aliphatic carbocycles. The zero-order chi connectivity index (χ0) is 17.7. The molecule has 1 aromatic carbocycles. The summed E-state index contributed by atoms with van der Waals surface area (Å²) in [5, 5.41) is 5.55. The quantitative estimate of drug-likeness (QED) is 0.769. The number of aromatic nitrogens is 1. The molecule has 1 aromatic heterocycles. The summed E-state index contributed by atoms with van der Waals surface area (Å²) in [6.45, 7) is 1.89. The van der Waals surface area contributed by atoms with Crippen molar-refractivity contribution in [2.45, 2.75) is 25.9 Å². The van der Waals surface area contributed by atoms with Gasteiger partial charge in [-0.3, -0.25) is 4.79 Å². The third kappa shape index (κ3) is 4.86. The molecule has 2 rings (SSSR count). The highest BCUT2D eigenvalue weighted by atomic mass is 35.5. The highest BCUT2D eigenvalue weighted by molar-refractivity contribution is 6.33. The Balaban J connectivity index is 2.13. The Morgan fingerprint density at radius 1 is 1.25 bits per heavy atom. The highest BCUT2D eigenvalue weighted by Gasteiger charge is 2.31. The molecule has 0 saturated carbocycles. The van der Waals surface area contributed by atoms with Gasteiger partial charge in [-0.15, -0.1) is 0 Å². The minimum Gasteiger partial charge on any atom is -0.339 e. The molecule has 4 nitrogen and oxygen atoms in total. The molecule has 0 fully saturated rings. The molecular weight excluding hydrogens is 343 g/mol. The van der Waals surface area contributed by atoms with Crippen LogP contribution in [0.5, 0.6) is 0 Å². The summed E-state index contributed by atoms with van der Waals surface area (Å²) in [6.07, 6.45) is -1.91. The van der Waals surface area contributed by atoms with Crippen molar-refractivity contribution < 1.29 is 18.0 Å². The van der Waals surface area contributed by atoms with E-state index in [9.17, 15) is 18.0 Å². The molecule has 0 radical (unpaired) electrons. The third-order valence-electron chi connectivity index (χ3n) is 3.08. The second-order valence-corrected chi connectivity index (χ2v) is 5.45. The van der Waals surface area contributed by atoms with E-state index in [2.05, 4.69) is 15.6 Å². The van der Waals surface area contributed by atoms with E-state index in [1.54, 1.807) is 6.07 Å². The van der Waals surface area contributed by atoms with Gasteiger partial charge in [-0.1, -0.05) is 18.5 Å². The fraction of sp³-hybridized carbons (Fsp3) is 0.250. The van der Waals surface area contributed by atoms with Crippen LogP contribution >= 0.6 is 11.6 Å². The Hall–Kier alpha value is -2.28. The van der Waals surface area contributed by atoms with Gasteiger partial charge < -0.3 is 10.6 Å². The maximum atomic E-state index is 12.7. The number of rotatable bonds is 5. The fourth-order valence-corrected chi connectivity index (χ4v) is 2.09. The number of amides is 1. The van der Waals surface area contributed by atoms with Crippen LogP contribution in [-0.4, -0.2) is 10.9 Å². The third-order valence-corrected chi connectivity index (χ3v) is 3.41. The molecular formula is C16H15ClF3N3O. The van der Waals surface area contributed by atoms with E-state index < -0.39 is 11.7 Å². The molecule has 8 heteroatoms. The number of halogens is 4. The zero-order valence-corrected chi connectivity index (χ0v) is 13.5. The van der Waals surface area contributed by atoms with E-state index in [1.807, 2.05) is 6.92 Å². The Kier molecular flexibility index (Phi) is 5.66. The van der Waals surface area contributed by atoms with Gasteiger partial charge in [-0.05, 0) is 36.8 Å². The Labute approximate surface area is 142 Å². The summed E-state index contributed by atoms with van der Waals surface area (Å²) < 4.78 is 38.2. The maximum Gasteiger partial charge on any atom is 0.416 e. The monoisotopic (exact) mass is 357 g/mol. The van der Waals surface area contributed by atoms with Crippen LogP contribution in [0.25, 0.3) is 0 Å². The number of benzene rings is 1. The van der Waals surface area contributed by atoms with Crippen LogP contribution in [0, 0.1) is 0 Å². The molecule has 2 aromatic rings. The average Bonchev–Trinajstić information content (AvgIpc) is 2.50. The Morgan fingerprint density at radius 3 is 2.58 bits per heavy atom. The smallest absolute Gasteiger partial charge is 0.339 e. The number of carbonyl (C=O) groups is 1. The maximum absolute atomic E-state index is 12.7. The molecule has 1 heterocycles. The lowest BCUT2D eigenvalue weighted by Crippen LogP contribution is -2.10. The number of alkyl halides is 3. The molecule has 128 valence electrons. The van der Waals surface area contributed by atoms with Gasteiger partial charge in [0.05, 0.1) is 28.2 Å². The first-order valence-corrected chi connectivity index (χ1v) is 7.57. The average molecular weight is 358 g/mol. The summed E-state index contributed by atoms with van der Waals surface area (Å²) in [6, 6.07) is 6.14. The molecule has 24 heavy (non-hydrogen) atoms. The van der Waals surface area contributed by atoms with Crippen molar-refractivity contribution >= 4 is 34.7 Å². The molecule has 0 aliphatic rings. The lowest BCUT2D eigenvalue weighted by molar-refractivity contribution is -0.137. The number of nitrogens with one attached hydrogen (secondary N) is 2. The van der Waals surface area contributed by atoms with E-state index >= 15 is 0 Å². The first-order chi connectivity index (χ1) is 11.3. The minimum absolute atomic E-state index is 0.0989. The molecule has 0 atom stereocenters. The SMILES string of the molecule is CCCC(=O)Nc1ccc(Nc2cc(C(F)(F)F)ccc2Cl)nc1. The number of hydrogen-bond donors (Lipinski definition) is 2. The molecule has 1 amide bonds. The van der Waals surface area contributed by atoms with E-state index in [4.69, 9.17) is 11.6 Å². The van der Waals surface area contributed by atoms with E-state index in [0.29, 0.717) is 17.9 Å². The predicted molar refractivity (Wildman–Crippen MR) is 87.5 cm³/mol. The number of nitrogens with zero attached hydrogens (tertiary/aromatic N) is 1. The van der Waals surface area contributed by atoms with Crippen molar-refractivity contribution in [3.05, 3.63) is 47.1 Å². The second kappa shape index (κ2) is 7.53. The van der Waals surface area contributed by atoms with Crippen LogP contribution in [-0.2, 0) is 11.0 Å². The van der Waals surface area contributed by atoms with Gasteiger partial charge in [0.25, 0.3) is 0 Å². The van der Waals surface area contributed by atoms with Crippen LogP contribution in [0.15, 0.2) is 36.5 Å². The van der Waals surface area contributed by atoms with Crippen LogP contribution in [0.1, 0.15) is 25.3 Å². The lowest BCUT2D eigenvalue weighted by Gasteiger charge is -2.12. The Morgan fingerprint density at radius 2 is 2.00 bits per heavy atom. The van der Waals surface area contributed by atoms with Crippen molar-refractivity contribution in [2.75, 3.05) is 10.6 Å². The standard InChI is InChI=1S/C16H15ClF3N3O/c1-2-3-15(24)22-11-5-7-14(21-9-11)23-13-8-10(16(18,19)20)4-6-12(13)17/h4-9H,2-3H2,1H3,(H,21,23)(H,22,24). The van der Waals surface area contributed by atoms with Crippen LogP contribution < -0.4 is 10.6 Å². The number of pyridine rings is 1. The van der Waals surface area contributed by atoms with Gasteiger partial charge in [-0.25, -0.2) is 4.98 Å². The number of hydrogen-bond acceptors (Lipinski definition) is 3. The molecule has 2 N–H and O–H groups in total. The van der Waals surface area contributed by atoms with E-state index in [0.717, 1.165) is 18.6 Å². The predicted octanol–water partition coefficient (Wildman–Crippen LogP) is 5.24. The van der Waals surface area contributed by atoms with Crippen LogP contribution in [0.3, 0.4) is 0 Å². The Bertz CT molecular complexity index is 717. The van der Waals surface area contributed by atoms with Crippen LogP contribution in [0.4, 0.5) is 30.4 Å². The fourth-order valence-electron chi connectivity index (χ4n) is 1.93. The van der Waals surface area contributed by atoms with Gasteiger partial charge in [0.1, 0.15) is 5.82 Å². The number of carbonyl (C=O) groups excluding carboxylic acids is 1. The summed E-state index contributed by atoms with van der Waals surface area (Å²) >= 11 is 5.92. The van der Waals surface area contributed by atoms with Gasteiger partial charge >= 0.3 is 6.18 Å². The van der Waals surface area contributed by atoms with Gasteiger partial charge in [0.2, 0.25) is 5.91 Å². The van der Waals surface area contributed by atoms with E-state index in [-0.39, 0.29) is 16.6 Å². The van der Waals surface area contributed by atoms with Gasteiger partial charge in [-0.2, -0.15) is 13.2 Å². The molecule has 0 spiro atoms. The van der Waals surface area contributed by atoms with Gasteiger partial charge in [0.15, 0.2) is 0 Å². The summed E-state index contributed by atoms with van der Waals surface area (Å²) in [5.41, 5.74) is -0.200. The molecule has 0 unspecified atom stereocenters. The largest absolute Gasteiger partial charge is 0.416 e. The summed E-state index contributed by atoms with van der Waals surface area (Å²) in [5.74, 6) is 0.186. The summed E-state index contributed by atoms with van der Waals surface area (Å²) in [7, 11) is 0. The number of anilines is 3. The van der Waals surface area contributed by atoms with Crippen molar-refractivity contribution in [1.82, 2.24) is 4.98 Å². The van der Waals surface area contributed by atoms with Gasteiger partial charge in [0, 0.05) is 6.42 Å². The molecule has 0 aliphatic heterocycles. The zero-order valence-electron chi connectivity index (χ0n) is 12.7. The van der Waals surface area contributed by atoms with Crippen LogP contribution in [0.2, 0.25) is 5.02 Å². The molecule has 0 saturated heterocycles. The minimum atomic E-state index is -4.46.